The number of benzene rings is 3. The highest BCUT2D eigenvalue weighted by Gasteiger charge is 2.29. The summed E-state index contributed by atoms with van der Waals surface area (Å²) in [5.41, 5.74) is 3.86. The van der Waals surface area contributed by atoms with Gasteiger partial charge in [0.15, 0.2) is 0 Å². The molecule has 0 saturated carbocycles. The Balaban J connectivity index is 1.79. The minimum absolute atomic E-state index is 0.0173. The lowest BCUT2D eigenvalue weighted by atomic mass is 9.75. The lowest BCUT2D eigenvalue weighted by Crippen LogP contribution is -2.51. The van der Waals surface area contributed by atoms with Gasteiger partial charge in [0, 0.05) is 24.6 Å². The fourth-order valence-electron chi connectivity index (χ4n) is 4.79. The first-order chi connectivity index (χ1) is 20.0. The molecule has 5 N–H and O–H groups in total. The SMILES string of the molecule is COc1ccc(C[C@H](Nc2cccc(-c3ccccc3)c2)C(=O)N[C@@H](CC(=O)N[C@H](CC(C)C)B(O)O)C(C)C)cc1. The van der Waals surface area contributed by atoms with Gasteiger partial charge in [-0.2, -0.15) is 0 Å². The summed E-state index contributed by atoms with van der Waals surface area (Å²) in [7, 11) is -0.0470. The molecule has 3 rings (SSSR count). The first-order valence-electron chi connectivity index (χ1n) is 14.6. The second-order valence-corrected chi connectivity index (χ2v) is 11.5. The smallest absolute Gasteiger partial charge is 0.475 e. The molecule has 0 aromatic heterocycles. The highest BCUT2D eigenvalue weighted by Crippen LogP contribution is 2.24. The Morgan fingerprint density at radius 2 is 1.52 bits per heavy atom. The van der Waals surface area contributed by atoms with E-state index in [-0.39, 0.29) is 30.1 Å². The quantitative estimate of drug-likeness (QED) is 0.171. The molecule has 3 aromatic rings. The van der Waals surface area contributed by atoms with E-state index < -0.39 is 25.1 Å². The molecule has 0 spiro atoms. The molecular weight excluding hydrogens is 529 g/mol. The first-order valence-corrected chi connectivity index (χ1v) is 14.6. The number of nitrogens with one attached hydrogen (secondary N) is 3. The van der Waals surface area contributed by atoms with Crippen molar-refractivity contribution in [3.05, 3.63) is 84.4 Å². The van der Waals surface area contributed by atoms with Gasteiger partial charge >= 0.3 is 7.12 Å². The van der Waals surface area contributed by atoms with E-state index in [0.717, 1.165) is 28.1 Å². The number of rotatable bonds is 15. The number of methoxy groups -OCH3 is 1. The second kappa shape index (κ2) is 16.0. The van der Waals surface area contributed by atoms with E-state index in [1.165, 1.54) is 0 Å². The van der Waals surface area contributed by atoms with Crippen LogP contribution in [0.1, 0.15) is 46.1 Å². The molecule has 2 amide bonds. The number of carbonyl (C=O) groups excluding carboxylic acids is 2. The van der Waals surface area contributed by atoms with Gasteiger partial charge in [0.1, 0.15) is 11.8 Å². The Hall–Kier alpha value is -3.82. The number of ether oxygens (including phenoxy) is 1. The van der Waals surface area contributed by atoms with E-state index in [0.29, 0.717) is 12.8 Å². The lowest BCUT2D eigenvalue weighted by molar-refractivity contribution is -0.124. The van der Waals surface area contributed by atoms with Crippen molar-refractivity contribution < 1.29 is 24.4 Å². The summed E-state index contributed by atoms with van der Waals surface area (Å²) in [5, 5.41) is 28.7. The van der Waals surface area contributed by atoms with E-state index >= 15 is 0 Å². The van der Waals surface area contributed by atoms with Gasteiger partial charge in [0.25, 0.3) is 0 Å². The van der Waals surface area contributed by atoms with Crippen molar-refractivity contribution in [2.45, 2.75) is 65.0 Å². The Bertz CT molecular complexity index is 1270. The van der Waals surface area contributed by atoms with Gasteiger partial charge in [-0.05, 0) is 59.2 Å². The van der Waals surface area contributed by atoms with Gasteiger partial charge < -0.3 is 30.7 Å². The van der Waals surface area contributed by atoms with Gasteiger partial charge in [0.2, 0.25) is 11.8 Å². The third-order valence-electron chi connectivity index (χ3n) is 7.20. The second-order valence-electron chi connectivity index (χ2n) is 11.5. The molecule has 0 aliphatic rings. The maximum atomic E-state index is 13.8. The summed E-state index contributed by atoms with van der Waals surface area (Å²) < 4.78 is 5.29. The van der Waals surface area contributed by atoms with Crippen LogP contribution in [0.4, 0.5) is 5.69 Å². The van der Waals surface area contributed by atoms with Gasteiger partial charge in [-0.25, -0.2) is 0 Å². The molecule has 0 heterocycles. The monoisotopic (exact) mass is 573 g/mol. The largest absolute Gasteiger partial charge is 0.497 e. The molecule has 0 saturated heterocycles. The topological polar surface area (TPSA) is 120 Å². The highest BCUT2D eigenvalue weighted by atomic mass is 16.5. The van der Waals surface area contributed by atoms with Gasteiger partial charge in [-0.1, -0.05) is 82.3 Å². The first kappa shape index (κ1) is 32.7. The molecule has 0 aliphatic carbocycles. The summed E-state index contributed by atoms with van der Waals surface area (Å²) in [6.45, 7) is 7.79. The number of hydrogen-bond donors (Lipinski definition) is 5. The predicted molar refractivity (Wildman–Crippen MR) is 169 cm³/mol. The van der Waals surface area contributed by atoms with Crippen LogP contribution >= 0.6 is 0 Å². The Morgan fingerprint density at radius 3 is 2.12 bits per heavy atom. The number of hydrogen-bond acceptors (Lipinski definition) is 6. The Morgan fingerprint density at radius 1 is 0.857 bits per heavy atom. The standard InChI is InChI=1S/C33H44BN3O5/c1-22(2)18-31(34(40)41)37-32(38)21-29(23(3)4)36-33(39)30(19-24-14-16-28(42-5)17-15-24)35-27-13-9-12-26(20-27)25-10-7-6-8-11-25/h6-17,20,22-23,29-31,35,40-41H,18-19,21H2,1-5H3,(H,36,39)(H,37,38)/t29-,30-,31+/m0/s1. The predicted octanol–water partition coefficient (Wildman–Crippen LogP) is 4.46. The molecule has 0 fully saturated rings. The number of amides is 2. The third-order valence-corrected chi connectivity index (χ3v) is 7.20. The van der Waals surface area contributed by atoms with Crippen molar-refractivity contribution in [3.8, 4) is 16.9 Å². The van der Waals surface area contributed by atoms with Gasteiger partial charge in [-0.15, -0.1) is 0 Å². The third kappa shape index (κ3) is 10.2. The van der Waals surface area contributed by atoms with Crippen LogP contribution in [0, 0.1) is 11.8 Å². The molecular formula is C33H44BN3O5. The zero-order valence-corrected chi connectivity index (χ0v) is 25.2. The summed E-state index contributed by atoms with van der Waals surface area (Å²) in [4.78, 5) is 26.7. The molecule has 0 bridgehead atoms. The van der Waals surface area contributed by atoms with E-state index in [1.807, 2.05) is 107 Å². The van der Waals surface area contributed by atoms with Crippen LogP contribution in [0.3, 0.4) is 0 Å². The molecule has 8 nitrogen and oxygen atoms in total. The zero-order valence-electron chi connectivity index (χ0n) is 25.2. The molecule has 0 radical (unpaired) electrons. The minimum atomic E-state index is -1.66. The van der Waals surface area contributed by atoms with E-state index in [1.54, 1.807) is 7.11 Å². The Labute approximate surface area is 250 Å². The molecule has 3 atom stereocenters. The number of carbonyl (C=O) groups is 2. The molecule has 42 heavy (non-hydrogen) atoms. The fourth-order valence-corrected chi connectivity index (χ4v) is 4.79. The number of anilines is 1. The van der Waals surface area contributed by atoms with Crippen molar-refractivity contribution in [3.63, 3.8) is 0 Å². The van der Waals surface area contributed by atoms with Crippen LogP contribution < -0.4 is 20.7 Å². The van der Waals surface area contributed by atoms with Crippen molar-refractivity contribution in [1.29, 1.82) is 0 Å². The van der Waals surface area contributed by atoms with Gasteiger partial charge in [-0.3, -0.25) is 9.59 Å². The molecule has 3 aromatic carbocycles. The summed E-state index contributed by atoms with van der Waals surface area (Å²) in [6, 6.07) is 24.5. The summed E-state index contributed by atoms with van der Waals surface area (Å²) >= 11 is 0. The van der Waals surface area contributed by atoms with Crippen molar-refractivity contribution in [2.75, 3.05) is 12.4 Å². The minimum Gasteiger partial charge on any atom is -0.497 e. The highest BCUT2D eigenvalue weighted by molar-refractivity contribution is 6.43. The van der Waals surface area contributed by atoms with Crippen LogP contribution in [-0.2, 0) is 16.0 Å². The average Bonchev–Trinajstić information content (AvgIpc) is 2.96. The van der Waals surface area contributed by atoms with Crippen molar-refractivity contribution >= 4 is 24.6 Å². The molecule has 0 unspecified atom stereocenters. The van der Waals surface area contributed by atoms with Crippen LogP contribution in [0.5, 0.6) is 5.75 Å². The van der Waals surface area contributed by atoms with Crippen molar-refractivity contribution in [1.82, 2.24) is 10.6 Å². The maximum absolute atomic E-state index is 13.8. The van der Waals surface area contributed by atoms with Crippen LogP contribution in [0.15, 0.2) is 78.9 Å². The van der Waals surface area contributed by atoms with E-state index in [9.17, 15) is 19.6 Å². The van der Waals surface area contributed by atoms with Crippen molar-refractivity contribution in [2.24, 2.45) is 11.8 Å². The fraction of sp³-hybridized carbons (Fsp3) is 0.394. The van der Waals surface area contributed by atoms with E-state index in [4.69, 9.17) is 4.74 Å². The normalized spacial score (nSPS) is 13.3. The summed E-state index contributed by atoms with van der Waals surface area (Å²) in [6.07, 6.45) is 0.858. The zero-order chi connectivity index (χ0) is 30.6. The molecule has 0 aliphatic heterocycles. The molecule has 224 valence electrons. The van der Waals surface area contributed by atoms with Crippen LogP contribution in [0.2, 0.25) is 0 Å². The van der Waals surface area contributed by atoms with E-state index in [2.05, 4.69) is 16.0 Å². The molecule has 9 heteroatoms. The average molecular weight is 574 g/mol. The lowest BCUT2D eigenvalue weighted by Gasteiger charge is -2.27. The summed E-state index contributed by atoms with van der Waals surface area (Å²) in [5.74, 6) is -0.486. The van der Waals surface area contributed by atoms with Crippen LogP contribution in [0.25, 0.3) is 11.1 Å². The van der Waals surface area contributed by atoms with Crippen LogP contribution in [-0.4, -0.2) is 54.1 Å². The maximum Gasteiger partial charge on any atom is 0.475 e. The Kier molecular flexibility index (Phi) is 12.4. The van der Waals surface area contributed by atoms with Gasteiger partial charge in [0.05, 0.1) is 13.1 Å².